The largest absolute Gasteiger partial charge is 0.497 e. The number of fused-ring (bicyclic) bond motifs is 1. The fraction of sp³-hybridized carbons (Fsp3) is 0.323. The Kier molecular flexibility index (Phi) is 9.27. The van der Waals surface area contributed by atoms with Crippen molar-refractivity contribution in [1.29, 1.82) is 0 Å². The van der Waals surface area contributed by atoms with E-state index in [0.717, 1.165) is 61.0 Å². The standard InChI is InChI=1S/C22H22N2O3.C9H13NO/c25-14-20-13-24-12-19(9-10-21(24)23-20)18-7-5-17(6-8-18)16-3-1-15(2-4-16)11-22(26)27;1-10-7-8-3-5-9(11-2)6-4-8/h5-10,12-16H,1-4,11H2,(H,26,27);3-6,10H,7H2,1-2H3. The lowest BCUT2D eigenvalue weighted by Crippen LogP contribution is -2.16. The van der Waals surface area contributed by atoms with E-state index < -0.39 is 5.97 Å². The van der Waals surface area contributed by atoms with Crippen molar-refractivity contribution in [3.63, 3.8) is 0 Å². The van der Waals surface area contributed by atoms with Gasteiger partial charge >= 0.3 is 5.97 Å². The molecule has 2 N–H and O–H groups in total. The molecule has 2 aromatic heterocycles. The number of hydrogen-bond acceptors (Lipinski definition) is 5. The van der Waals surface area contributed by atoms with Crippen LogP contribution in [0.1, 0.15) is 59.6 Å². The van der Waals surface area contributed by atoms with Crippen molar-refractivity contribution < 1.29 is 19.4 Å². The molecule has 198 valence electrons. The molecule has 0 radical (unpaired) electrons. The van der Waals surface area contributed by atoms with Gasteiger partial charge in [0.05, 0.1) is 7.11 Å². The molecule has 0 spiro atoms. The summed E-state index contributed by atoms with van der Waals surface area (Å²) in [6.07, 6.45) is 8.89. The van der Waals surface area contributed by atoms with E-state index in [-0.39, 0.29) is 0 Å². The third kappa shape index (κ3) is 7.07. The Labute approximate surface area is 223 Å². The van der Waals surface area contributed by atoms with Crippen molar-refractivity contribution in [2.24, 2.45) is 5.92 Å². The van der Waals surface area contributed by atoms with Gasteiger partial charge < -0.3 is 19.6 Å². The van der Waals surface area contributed by atoms with Crippen molar-refractivity contribution in [3.05, 3.63) is 89.9 Å². The predicted molar refractivity (Wildman–Crippen MR) is 149 cm³/mol. The van der Waals surface area contributed by atoms with E-state index in [4.69, 9.17) is 9.84 Å². The van der Waals surface area contributed by atoms with Gasteiger partial charge in [-0.15, -0.1) is 0 Å². The smallest absolute Gasteiger partial charge is 0.303 e. The van der Waals surface area contributed by atoms with Crippen LogP contribution in [0.3, 0.4) is 0 Å². The van der Waals surface area contributed by atoms with Gasteiger partial charge in [-0.2, -0.15) is 0 Å². The molecule has 1 saturated carbocycles. The molecular weight excluding hydrogens is 478 g/mol. The molecule has 2 aromatic carbocycles. The Morgan fingerprint density at radius 3 is 2.29 bits per heavy atom. The first kappa shape index (κ1) is 27.1. The minimum atomic E-state index is -0.682. The first-order valence-electron chi connectivity index (χ1n) is 13.0. The van der Waals surface area contributed by atoms with Crippen LogP contribution < -0.4 is 10.1 Å². The second-order valence-electron chi connectivity index (χ2n) is 9.78. The highest BCUT2D eigenvalue weighted by Crippen LogP contribution is 2.37. The Balaban J connectivity index is 0.000000257. The van der Waals surface area contributed by atoms with Crippen LogP contribution in [0.5, 0.6) is 5.75 Å². The Bertz CT molecular complexity index is 1340. The Morgan fingerprint density at radius 1 is 1.00 bits per heavy atom. The molecule has 0 unspecified atom stereocenters. The summed E-state index contributed by atoms with van der Waals surface area (Å²) >= 11 is 0. The lowest BCUT2D eigenvalue weighted by Gasteiger charge is -2.28. The van der Waals surface area contributed by atoms with E-state index in [0.29, 0.717) is 24.0 Å². The number of aromatic nitrogens is 2. The van der Waals surface area contributed by atoms with Crippen LogP contribution in [0.4, 0.5) is 0 Å². The zero-order valence-electron chi connectivity index (χ0n) is 22.0. The molecule has 0 saturated heterocycles. The lowest BCUT2D eigenvalue weighted by atomic mass is 9.77. The van der Waals surface area contributed by atoms with Gasteiger partial charge in [0.2, 0.25) is 0 Å². The van der Waals surface area contributed by atoms with Gasteiger partial charge in [-0.05, 0) is 91.1 Å². The summed E-state index contributed by atoms with van der Waals surface area (Å²) in [6, 6.07) is 20.6. The summed E-state index contributed by atoms with van der Waals surface area (Å²) in [5.41, 5.74) is 6.00. The van der Waals surface area contributed by atoms with Gasteiger partial charge in [-0.25, -0.2) is 4.98 Å². The molecule has 7 nitrogen and oxygen atoms in total. The zero-order chi connectivity index (χ0) is 26.9. The molecular formula is C31H35N3O4. The van der Waals surface area contributed by atoms with Gasteiger partial charge in [0.25, 0.3) is 0 Å². The van der Waals surface area contributed by atoms with Crippen LogP contribution in [0.25, 0.3) is 16.8 Å². The third-order valence-electron chi connectivity index (χ3n) is 7.16. The average molecular weight is 514 g/mol. The number of hydrogen-bond donors (Lipinski definition) is 2. The van der Waals surface area contributed by atoms with Crippen molar-refractivity contribution in [2.45, 2.75) is 44.6 Å². The predicted octanol–water partition coefficient (Wildman–Crippen LogP) is 5.98. The quantitative estimate of drug-likeness (QED) is 0.282. The van der Waals surface area contributed by atoms with Gasteiger partial charge in [0, 0.05) is 25.4 Å². The average Bonchev–Trinajstić information content (AvgIpc) is 3.37. The van der Waals surface area contributed by atoms with Crippen molar-refractivity contribution in [1.82, 2.24) is 14.7 Å². The van der Waals surface area contributed by atoms with Crippen LogP contribution in [-0.4, -0.2) is 40.9 Å². The second-order valence-corrected chi connectivity index (χ2v) is 9.78. The molecule has 38 heavy (non-hydrogen) atoms. The number of aliphatic carboxylic acids is 1. The maximum atomic E-state index is 10.9. The van der Waals surface area contributed by atoms with Crippen molar-refractivity contribution in [3.8, 4) is 16.9 Å². The number of carbonyl (C=O) groups excluding carboxylic acids is 1. The number of nitrogens with zero attached hydrogens (tertiary/aromatic N) is 2. The number of carboxylic acids is 1. The molecule has 0 atom stereocenters. The molecule has 1 aliphatic carbocycles. The minimum absolute atomic E-state index is 0.300. The second kappa shape index (κ2) is 13.0. The first-order chi connectivity index (χ1) is 18.5. The fourth-order valence-corrected chi connectivity index (χ4v) is 5.08. The molecule has 4 aromatic rings. The van der Waals surface area contributed by atoms with E-state index in [1.807, 2.05) is 41.9 Å². The Morgan fingerprint density at radius 2 is 1.68 bits per heavy atom. The maximum absolute atomic E-state index is 10.9. The number of imidazole rings is 1. The zero-order valence-corrected chi connectivity index (χ0v) is 22.0. The topological polar surface area (TPSA) is 92.9 Å². The van der Waals surface area contributed by atoms with Crippen LogP contribution in [0.2, 0.25) is 0 Å². The number of carbonyl (C=O) groups is 2. The maximum Gasteiger partial charge on any atom is 0.303 e. The molecule has 0 aliphatic heterocycles. The van der Waals surface area contributed by atoms with Crippen molar-refractivity contribution in [2.75, 3.05) is 14.2 Å². The lowest BCUT2D eigenvalue weighted by molar-refractivity contribution is -0.138. The normalized spacial score (nSPS) is 16.9. The number of ether oxygens (including phenoxy) is 1. The molecule has 0 amide bonds. The molecule has 2 heterocycles. The number of carboxylic acid groups (broad SMARTS) is 1. The number of benzene rings is 2. The molecule has 0 bridgehead atoms. The summed E-state index contributed by atoms with van der Waals surface area (Å²) in [4.78, 5) is 26.0. The van der Waals surface area contributed by atoms with Gasteiger partial charge in [0.1, 0.15) is 17.1 Å². The number of rotatable bonds is 8. The van der Waals surface area contributed by atoms with E-state index in [9.17, 15) is 9.59 Å². The minimum Gasteiger partial charge on any atom is -0.497 e. The number of pyridine rings is 1. The summed E-state index contributed by atoms with van der Waals surface area (Å²) in [7, 11) is 3.61. The van der Waals surface area contributed by atoms with Crippen molar-refractivity contribution >= 4 is 17.9 Å². The SMILES string of the molecule is CNCc1ccc(OC)cc1.O=Cc1cn2cc(-c3ccc(C4CCC(CC(=O)O)CC4)cc3)ccc2n1. The van der Waals surface area contributed by atoms with Gasteiger partial charge in [-0.3, -0.25) is 9.59 Å². The van der Waals surface area contributed by atoms with E-state index in [1.54, 1.807) is 13.3 Å². The third-order valence-corrected chi connectivity index (χ3v) is 7.16. The molecule has 7 heteroatoms. The van der Waals surface area contributed by atoms with Crippen LogP contribution in [0.15, 0.2) is 73.1 Å². The molecule has 5 rings (SSSR count). The van der Waals surface area contributed by atoms with Crippen LogP contribution in [-0.2, 0) is 11.3 Å². The fourth-order valence-electron chi connectivity index (χ4n) is 5.08. The highest BCUT2D eigenvalue weighted by Gasteiger charge is 2.23. The first-order valence-corrected chi connectivity index (χ1v) is 13.0. The summed E-state index contributed by atoms with van der Waals surface area (Å²) in [5.74, 6) is 1.08. The highest BCUT2D eigenvalue weighted by atomic mass is 16.5. The van der Waals surface area contributed by atoms with Gasteiger partial charge in [0.15, 0.2) is 6.29 Å². The Hall–Kier alpha value is -3.97. The number of nitrogens with one attached hydrogen (secondary N) is 1. The van der Waals surface area contributed by atoms with Crippen LogP contribution in [0, 0.1) is 5.92 Å². The van der Waals surface area contributed by atoms with E-state index in [2.05, 4.69) is 46.7 Å². The summed E-state index contributed by atoms with van der Waals surface area (Å²) in [6.45, 7) is 0.907. The number of aldehydes is 1. The van der Waals surface area contributed by atoms with Gasteiger partial charge in [-0.1, -0.05) is 36.4 Å². The van der Waals surface area contributed by atoms with Crippen LogP contribution >= 0.6 is 0 Å². The monoisotopic (exact) mass is 513 g/mol. The summed E-state index contributed by atoms with van der Waals surface area (Å²) in [5, 5.41) is 12.0. The highest BCUT2D eigenvalue weighted by molar-refractivity contribution is 5.74. The summed E-state index contributed by atoms with van der Waals surface area (Å²) < 4.78 is 6.90. The molecule has 1 fully saturated rings. The van der Waals surface area contributed by atoms with E-state index in [1.165, 1.54) is 11.1 Å². The molecule has 1 aliphatic rings. The number of methoxy groups -OCH3 is 1. The van der Waals surface area contributed by atoms with E-state index >= 15 is 0 Å².